The molecule has 16 nitrogen and oxygen atoms in total. The van der Waals surface area contributed by atoms with Crippen molar-refractivity contribution in [3.63, 3.8) is 0 Å². The minimum Gasteiger partial charge on any atom is -0.508 e. The molecule has 354 valence electrons. The number of carbonyl (C=O) groups is 5. The molecular weight excluding hydrogens is 841 g/mol. The summed E-state index contributed by atoms with van der Waals surface area (Å²) in [4.78, 5) is 77.0. The highest BCUT2D eigenvalue weighted by atomic mass is 16.5. The molecule has 4 N–H and O–H groups in total. The van der Waals surface area contributed by atoms with Crippen molar-refractivity contribution in [1.82, 2.24) is 40.4 Å². The van der Waals surface area contributed by atoms with E-state index in [0.717, 1.165) is 45.3 Å². The van der Waals surface area contributed by atoms with Gasteiger partial charge in [0.25, 0.3) is 5.91 Å². The first-order valence-electron chi connectivity index (χ1n) is 23.2. The molecule has 16 heteroatoms. The van der Waals surface area contributed by atoms with Gasteiger partial charge < -0.3 is 34.3 Å². The van der Waals surface area contributed by atoms with Crippen LogP contribution in [0.5, 0.6) is 5.75 Å². The maximum Gasteiger partial charge on any atom is 0.324 e. The Hall–Kier alpha value is -5.84. The van der Waals surface area contributed by atoms with Gasteiger partial charge in [-0.25, -0.2) is 5.43 Å². The first kappa shape index (κ1) is 48.1. The van der Waals surface area contributed by atoms with E-state index in [1.807, 2.05) is 38.4 Å². The number of amides is 4. The number of pyridine rings is 1. The molecule has 5 heterocycles. The number of ether oxygens (including phenoxy) is 2. The number of cyclic esters (lactones) is 1. The van der Waals surface area contributed by atoms with Crippen LogP contribution >= 0.6 is 0 Å². The average molecular weight is 907 g/mol. The second-order valence-corrected chi connectivity index (χ2v) is 19.2. The number of esters is 1. The number of nitrogens with zero attached hydrogens (tertiary/aromatic N) is 5. The van der Waals surface area contributed by atoms with Crippen molar-refractivity contribution in [2.75, 3.05) is 47.5 Å². The number of fused-ring (bicyclic) bond motifs is 6. The third-order valence-corrected chi connectivity index (χ3v) is 13.2. The fourth-order valence-electron chi connectivity index (χ4n) is 9.67. The van der Waals surface area contributed by atoms with Crippen molar-refractivity contribution in [3.05, 3.63) is 71.5 Å². The van der Waals surface area contributed by atoms with Crippen LogP contribution in [0.2, 0.25) is 0 Å². The molecule has 5 atom stereocenters. The summed E-state index contributed by atoms with van der Waals surface area (Å²) in [5.74, 6) is -2.63. The van der Waals surface area contributed by atoms with E-state index in [-0.39, 0.29) is 49.7 Å². The maximum absolute atomic E-state index is 14.7. The predicted molar refractivity (Wildman–Crippen MR) is 251 cm³/mol. The Morgan fingerprint density at radius 3 is 2.56 bits per heavy atom. The number of nitrogens with one attached hydrogen (secondary N) is 3. The van der Waals surface area contributed by atoms with Crippen LogP contribution in [0.15, 0.2) is 54.9 Å². The number of hydrazine groups is 1. The van der Waals surface area contributed by atoms with E-state index in [0.29, 0.717) is 38.0 Å². The summed E-state index contributed by atoms with van der Waals surface area (Å²) < 4.78 is 13.6. The number of aromatic nitrogens is 2. The monoisotopic (exact) mass is 907 g/mol. The van der Waals surface area contributed by atoms with E-state index >= 15 is 0 Å². The molecule has 0 aliphatic carbocycles. The van der Waals surface area contributed by atoms with Crippen LogP contribution in [-0.4, -0.2) is 137 Å². The number of carbonyl (C=O) groups excluding carboxylic acids is 5. The lowest BCUT2D eigenvalue weighted by atomic mass is 9.84. The standard InChI is InChI=1S/C50H66N8O8/c1-10-31-16-17-51-25-37(31)45-36-24-50(5,6)28-66-49(64)38-13-12-18-58(54-38)47(62)39(21-30-19-33(22-34(59)20-30)32-14-15-41(35(36)23-32)57(45)11-2)53-46(61)44(29(3)4)56(8)42(60)26-55(7)48(63)43-40(52-43)27-65-9/h14-17,19-20,22-23,25,29,38-40,43-44,52,54,59H,10-13,18,21,24,26-28H2,1-9H3,(H,53,61)/t38-,39-,40+,43+,44-/m0/s1. The van der Waals surface area contributed by atoms with Crippen molar-refractivity contribution >= 4 is 40.5 Å². The molecule has 2 saturated heterocycles. The Kier molecular flexibility index (Phi) is 14.5. The summed E-state index contributed by atoms with van der Waals surface area (Å²) in [5, 5.41) is 19.7. The number of likely N-dealkylation sites (N-methyl/N-ethyl adjacent to an activating group) is 2. The lowest BCUT2D eigenvalue weighted by Gasteiger charge is -2.37. The van der Waals surface area contributed by atoms with Crippen LogP contribution in [0.25, 0.3) is 33.3 Å². The highest BCUT2D eigenvalue weighted by molar-refractivity contribution is 5.96. The minimum absolute atomic E-state index is 0.0106. The molecule has 0 radical (unpaired) electrons. The molecular formula is C50H66N8O8. The number of aromatic hydroxyl groups is 1. The van der Waals surface area contributed by atoms with Crippen molar-refractivity contribution in [3.8, 4) is 28.1 Å². The van der Waals surface area contributed by atoms with Gasteiger partial charge in [-0.1, -0.05) is 46.8 Å². The highest BCUT2D eigenvalue weighted by Gasteiger charge is 2.44. The Morgan fingerprint density at radius 2 is 1.85 bits per heavy atom. The number of methoxy groups -OCH3 is 1. The Balaban J connectivity index is 1.26. The van der Waals surface area contributed by atoms with E-state index in [1.165, 1.54) is 27.4 Å². The van der Waals surface area contributed by atoms with Gasteiger partial charge in [0, 0.05) is 75.0 Å². The molecule has 0 saturated carbocycles. The molecule has 2 fully saturated rings. The van der Waals surface area contributed by atoms with Gasteiger partial charge in [-0.15, -0.1) is 0 Å². The molecule has 6 bridgehead atoms. The lowest BCUT2D eigenvalue weighted by Crippen LogP contribution is -2.62. The number of phenols is 1. The van der Waals surface area contributed by atoms with Gasteiger partial charge in [0.15, 0.2) is 0 Å². The number of aryl methyl sites for hydroxylation is 2. The van der Waals surface area contributed by atoms with Crippen molar-refractivity contribution in [2.24, 2.45) is 11.3 Å². The number of hydrogen-bond acceptors (Lipinski definition) is 11. The van der Waals surface area contributed by atoms with Gasteiger partial charge in [-0.05, 0) is 96.7 Å². The summed E-state index contributed by atoms with van der Waals surface area (Å²) in [6, 6.07) is 9.96. The Morgan fingerprint density at radius 1 is 1.08 bits per heavy atom. The molecule has 66 heavy (non-hydrogen) atoms. The van der Waals surface area contributed by atoms with Crippen LogP contribution in [0.1, 0.15) is 71.1 Å². The lowest BCUT2D eigenvalue weighted by molar-refractivity contribution is -0.155. The summed E-state index contributed by atoms with van der Waals surface area (Å²) in [5.41, 5.74) is 10.2. The molecule has 4 amide bonds. The van der Waals surface area contributed by atoms with Gasteiger partial charge in [-0.2, -0.15) is 0 Å². The Bertz CT molecular complexity index is 2480. The van der Waals surface area contributed by atoms with E-state index in [1.54, 1.807) is 26.3 Å². The normalized spacial score (nSPS) is 21.2. The van der Waals surface area contributed by atoms with E-state index in [9.17, 15) is 29.1 Å². The highest BCUT2D eigenvalue weighted by Crippen LogP contribution is 2.41. The van der Waals surface area contributed by atoms with E-state index in [4.69, 9.17) is 9.47 Å². The number of hydrogen-bond donors (Lipinski definition) is 4. The first-order valence-corrected chi connectivity index (χ1v) is 23.2. The van der Waals surface area contributed by atoms with Crippen LogP contribution in [0.3, 0.4) is 0 Å². The molecule has 0 unspecified atom stereocenters. The molecule has 3 aliphatic heterocycles. The van der Waals surface area contributed by atoms with Gasteiger partial charge in [0.05, 0.1) is 31.5 Å². The first-order chi connectivity index (χ1) is 31.4. The van der Waals surface area contributed by atoms with Gasteiger partial charge in [0.2, 0.25) is 17.7 Å². The van der Waals surface area contributed by atoms with Crippen LogP contribution in [0, 0.1) is 11.3 Å². The fourth-order valence-corrected chi connectivity index (χ4v) is 9.67. The van der Waals surface area contributed by atoms with Gasteiger partial charge >= 0.3 is 5.97 Å². The fraction of sp³-hybridized carbons (Fsp3) is 0.520. The van der Waals surface area contributed by atoms with Gasteiger partial charge in [0.1, 0.15) is 29.9 Å². The van der Waals surface area contributed by atoms with Crippen molar-refractivity contribution in [2.45, 2.75) is 110 Å². The Labute approximate surface area is 387 Å². The topological polar surface area (TPSA) is 198 Å². The average Bonchev–Trinajstić information content (AvgIpc) is 4.00. The third-order valence-electron chi connectivity index (χ3n) is 13.2. The predicted octanol–water partition coefficient (Wildman–Crippen LogP) is 4.23. The molecule has 2 aromatic heterocycles. The molecule has 2 aromatic carbocycles. The van der Waals surface area contributed by atoms with Crippen molar-refractivity contribution in [1.29, 1.82) is 0 Å². The molecule has 7 rings (SSSR count). The van der Waals surface area contributed by atoms with Crippen molar-refractivity contribution < 1.29 is 38.6 Å². The summed E-state index contributed by atoms with van der Waals surface area (Å²) in [7, 11) is 4.62. The third kappa shape index (κ3) is 10.2. The molecule has 0 spiro atoms. The summed E-state index contributed by atoms with van der Waals surface area (Å²) in [6.45, 7) is 13.3. The van der Waals surface area contributed by atoms with Crippen LogP contribution < -0.4 is 16.1 Å². The summed E-state index contributed by atoms with van der Waals surface area (Å²) in [6.07, 6.45) is 6.07. The zero-order chi connectivity index (χ0) is 47.6. The zero-order valence-corrected chi connectivity index (χ0v) is 39.8. The quantitative estimate of drug-likeness (QED) is 0.117. The smallest absolute Gasteiger partial charge is 0.324 e. The van der Waals surface area contributed by atoms with Crippen LogP contribution in [-0.2, 0) is 59.3 Å². The summed E-state index contributed by atoms with van der Waals surface area (Å²) >= 11 is 0. The largest absolute Gasteiger partial charge is 0.508 e. The molecule has 3 aliphatic rings. The molecule has 4 aromatic rings. The minimum atomic E-state index is -1.18. The van der Waals surface area contributed by atoms with E-state index in [2.05, 4.69) is 71.5 Å². The van der Waals surface area contributed by atoms with Gasteiger partial charge in [-0.3, -0.25) is 39.3 Å². The SMILES string of the molecule is CCc1ccncc1-c1c2c3cc(ccc3n1CC)-c1cc(O)cc(c1)C[C@H](NC(=O)[C@H](C(C)C)N(C)C(=O)CN(C)C(=O)[C@@H]1N[C@@H]1COC)C(=O)N1CCC[C@H](N1)C(=O)OCC(C)(C)C2. The number of benzene rings is 2. The number of rotatable bonds is 12. The second kappa shape index (κ2) is 19.9. The zero-order valence-electron chi connectivity index (χ0n) is 39.8. The number of phenolic OH excluding ortho intramolecular Hbond substituents is 1. The maximum atomic E-state index is 14.7. The van der Waals surface area contributed by atoms with E-state index < -0.39 is 53.3 Å². The second-order valence-electron chi connectivity index (χ2n) is 19.2. The van der Waals surface area contributed by atoms with Crippen LogP contribution in [0.4, 0.5) is 0 Å².